The van der Waals surface area contributed by atoms with Gasteiger partial charge >= 0.3 is 0 Å². The molecule has 0 spiro atoms. The standard InChI is InChI=1S/C32H40/c1-5-15-27(16-6-1)31(28-17-7-2-8-18-28)23-13-25-32(26-14-24-31,29-19-9-3-10-20-29)30-21-11-4-12-22-30/h1-12,15,17,19,21,27-30H,13-14,16,18,20,22-26H2. The number of allylic oxidation sites excluding steroid dienone is 16. The lowest BCUT2D eigenvalue weighted by Crippen LogP contribution is -2.43. The molecular weight excluding hydrogens is 384 g/mol. The van der Waals surface area contributed by atoms with E-state index in [0.717, 1.165) is 0 Å². The van der Waals surface area contributed by atoms with Gasteiger partial charge in [-0.3, -0.25) is 0 Å². The van der Waals surface area contributed by atoms with E-state index in [0.29, 0.717) is 34.5 Å². The normalized spacial score (nSPS) is 41.0. The number of rotatable bonds is 4. The Morgan fingerprint density at radius 3 is 0.875 bits per heavy atom. The van der Waals surface area contributed by atoms with Crippen LogP contribution in [0.3, 0.4) is 0 Å². The lowest BCUT2D eigenvalue weighted by atomic mass is 9.52. The van der Waals surface area contributed by atoms with Crippen LogP contribution in [0.2, 0.25) is 0 Å². The zero-order chi connectivity index (χ0) is 21.7. The minimum atomic E-state index is 0.416. The van der Waals surface area contributed by atoms with Gasteiger partial charge < -0.3 is 0 Å². The quantitative estimate of drug-likeness (QED) is 0.423. The molecule has 5 rings (SSSR count). The van der Waals surface area contributed by atoms with Crippen molar-refractivity contribution in [1.29, 1.82) is 0 Å². The Balaban J connectivity index is 1.42. The monoisotopic (exact) mass is 424 g/mol. The van der Waals surface area contributed by atoms with Crippen LogP contribution in [0.15, 0.2) is 97.2 Å². The summed E-state index contributed by atoms with van der Waals surface area (Å²) >= 11 is 0. The van der Waals surface area contributed by atoms with Crippen molar-refractivity contribution in [3.05, 3.63) is 97.2 Å². The first-order valence-corrected chi connectivity index (χ1v) is 13.2. The first-order chi connectivity index (χ1) is 15.8. The third-order valence-electron chi connectivity index (χ3n) is 9.45. The van der Waals surface area contributed by atoms with Gasteiger partial charge in [0.15, 0.2) is 0 Å². The maximum atomic E-state index is 2.55. The molecule has 0 nitrogen and oxygen atoms in total. The van der Waals surface area contributed by atoms with Gasteiger partial charge in [-0.15, -0.1) is 0 Å². The van der Waals surface area contributed by atoms with E-state index >= 15 is 0 Å². The van der Waals surface area contributed by atoms with Crippen molar-refractivity contribution in [2.45, 2.75) is 64.2 Å². The van der Waals surface area contributed by atoms with E-state index in [1.807, 2.05) is 0 Å². The molecule has 0 aliphatic heterocycles. The first-order valence-electron chi connectivity index (χ1n) is 13.2. The van der Waals surface area contributed by atoms with Crippen LogP contribution < -0.4 is 0 Å². The summed E-state index contributed by atoms with van der Waals surface area (Å²) in [6.07, 6.45) is 51.2. The predicted octanol–water partition coefficient (Wildman–Crippen LogP) is 8.84. The summed E-state index contributed by atoms with van der Waals surface area (Å²) < 4.78 is 0. The molecule has 1 fully saturated rings. The molecule has 168 valence electrons. The van der Waals surface area contributed by atoms with Gasteiger partial charge in [0.2, 0.25) is 0 Å². The summed E-state index contributed by atoms with van der Waals surface area (Å²) in [5.74, 6) is 2.76. The van der Waals surface area contributed by atoms with Crippen LogP contribution in [0.5, 0.6) is 0 Å². The Morgan fingerprint density at radius 2 is 0.656 bits per heavy atom. The molecule has 4 atom stereocenters. The van der Waals surface area contributed by atoms with Crippen molar-refractivity contribution < 1.29 is 0 Å². The fourth-order valence-electron chi connectivity index (χ4n) is 7.80. The summed E-state index contributed by atoms with van der Waals surface area (Å²) in [7, 11) is 0. The first kappa shape index (κ1) is 21.7. The molecule has 32 heavy (non-hydrogen) atoms. The van der Waals surface area contributed by atoms with Crippen LogP contribution in [0.4, 0.5) is 0 Å². The highest BCUT2D eigenvalue weighted by Crippen LogP contribution is 2.57. The molecule has 4 unspecified atom stereocenters. The minimum absolute atomic E-state index is 0.416. The molecular formula is C32H40. The summed E-state index contributed by atoms with van der Waals surface area (Å²) in [6.45, 7) is 0. The molecule has 0 saturated heterocycles. The van der Waals surface area contributed by atoms with Gasteiger partial charge in [0.1, 0.15) is 0 Å². The highest BCUT2D eigenvalue weighted by atomic mass is 14.5. The van der Waals surface area contributed by atoms with Gasteiger partial charge in [-0.1, -0.05) is 110 Å². The van der Waals surface area contributed by atoms with Gasteiger partial charge in [-0.2, -0.15) is 0 Å². The van der Waals surface area contributed by atoms with Crippen LogP contribution in [0.1, 0.15) is 64.2 Å². The fourth-order valence-corrected chi connectivity index (χ4v) is 7.80. The summed E-state index contributed by atoms with van der Waals surface area (Å²) in [6, 6.07) is 0. The van der Waals surface area contributed by atoms with Crippen LogP contribution in [-0.2, 0) is 0 Å². The topological polar surface area (TPSA) is 0 Å². The van der Waals surface area contributed by atoms with Gasteiger partial charge in [0.25, 0.3) is 0 Å². The predicted molar refractivity (Wildman–Crippen MR) is 138 cm³/mol. The average Bonchev–Trinajstić information content (AvgIpc) is 2.87. The second-order valence-electron chi connectivity index (χ2n) is 10.8. The largest absolute Gasteiger partial charge is 0.0839 e. The lowest BCUT2D eigenvalue weighted by molar-refractivity contribution is 0.0249. The van der Waals surface area contributed by atoms with Crippen molar-refractivity contribution in [3.8, 4) is 0 Å². The molecule has 0 heteroatoms. The van der Waals surface area contributed by atoms with Crippen molar-refractivity contribution in [2.24, 2.45) is 34.5 Å². The van der Waals surface area contributed by atoms with Gasteiger partial charge in [0, 0.05) is 0 Å². The maximum absolute atomic E-state index is 2.55. The Morgan fingerprint density at radius 1 is 0.375 bits per heavy atom. The highest BCUT2D eigenvalue weighted by Gasteiger charge is 2.48. The minimum Gasteiger partial charge on any atom is -0.0839 e. The van der Waals surface area contributed by atoms with Gasteiger partial charge in [-0.05, 0) is 85.9 Å². The third kappa shape index (κ3) is 4.14. The van der Waals surface area contributed by atoms with Gasteiger partial charge in [0.05, 0.1) is 0 Å². The lowest BCUT2D eigenvalue weighted by Gasteiger charge is -2.52. The molecule has 0 aromatic rings. The molecule has 0 bridgehead atoms. The molecule has 0 N–H and O–H groups in total. The van der Waals surface area contributed by atoms with E-state index < -0.39 is 0 Å². The van der Waals surface area contributed by atoms with E-state index in [1.165, 1.54) is 64.2 Å². The Kier molecular flexibility index (Phi) is 6.67. The summed E-state index contributed by atoms with van der Waals surface area (Å²) in [5.41, 5.74) is 0.832. The zero-order valence-electron chi connectivity index (χ0n) is 19.6. The SMILES string of the molecule is C1=CCC(C2(C3C=CC=CC3)CCCC(C3C=CC=CC3)(C3C=CC=CC3)CCC2)C=C1. The Hall–Kier alpha value is -2.08. The van der Waals surface area contributed by atoms with Crippen LogP contribution in [0, 0.1) is 34.5 Å². The molecule has 1 saturated carbocycles. The summed E-state index contributed by atoms with van der Waals surface area (Å²) in [5, 5.41) is 0. The fraction of sp³-hybridized carbons (Fsp3) is 0.500. The zero-order valence-corrected chi connectivity index (χ0v) is 19.6. The molecule has 0 amide bonds. The number of hydrogen-bond donors (Lipinski definition) is 0. The van der Waals surface area contributed by atoms with E-state index in [4.69, 9.17) is 0 Å². The van der Waals surface area contributed by atoms with E-state index in [-0.39, 0.29) is 0 Å². The molecule has 0 aromatic heterocycles. The second-order valence-corrected chi connectivity index (χ2v) is 10.8. The van der Waals surface area contributed by atoms with Crippen molar-refractivity contribution >= 4 is 0 Å². The van der Waals surface area contributed by atoms with E-state index in [9.17, 15) is 0 Å². The molecule has 0 heterocycles. The van der Waals surface area contributed by atoms with Crippen LogP contribution >= 0.6 is 0 Å². The summed E-state index contributed by atoms with van der Waals surface area (Å²) in [4.78, 5) is 0. The Labute approximate surface area is 196 Å². The molecule has 5 aliphatic rings. The van der Waals surface area contributed by atoms with Crippen LogP contribution in [0.25, 0.3) is 0 Å². The Bertz CT molecular complexity index is 737. The maximum Gasteiger partial charge on any atom is -0.0133 e. The smallest absolute Gasteiger partial charge is 0.0133 e. The van der Waals surface area contributed by atoms with Crippen molar-refractivity contribution in [3.63, 3.8) is 0 Å². The molecule has 0 aromatic carbocycles. The second kappa shape index (κ2) is 9.82. The van der Waals surface area contributed by atoms with E-state index in [2.05, 4.69) is 97.2 Å². The van der Waals surface area contributed by atoms with Crippen LogP contribution in [-0.4, -0.2) is 0 Å². The van der Waals surface area contributed by atoms with Crippen molar-refractivity contribution in [1.82, 2.24) is 0 Å². The average molecular weight is 425 g/mol. The molecule has 5 aliphatic carbocycles. The highest BCUT2D eigenvalue weighted by molar-refractivity contribution is 5.23. The van der Waals surface area contributed by atoms with Gasteiger partial charge in [-0.25, -0.2) is 0 Å². The number of hydrogen-bond acceptors (Lipinski definition) is 0. The van der Waals surface area contributed by atoms with E-state index in [1.54, 1.807) is 0 Å². The third-order valence-corrected chi connectivity index (χ3v) is 9.45. The molecule has 0 radical (unpaired) electrons. The van der Waals surface area contributed by atoms with Crippen molar-refractivity contribution in [2.75, 3.05) is 0 Å².